The first-order chi connectivity index (χ1) is 17.0. The van der Waals surface area contributed by atoms with E-state index in [0.29, 0.717) is 45.2 Å². The van der Waals surface area contributed by atoms with Crippen LogP contribution in [0.4, 0.5) is 0 Å². The third-order valence-corrected chi connectivity index (χ3v) is 6.52. The predicted molar refractivity (Wildman–Crippen MR) is 134 cm³/mol. The number of nitrogens with one attached hydrogen (secondary N) is 1. The van der Waals surface area contributed by atoms with E-state index in [1.165, 1.54) is 18.1 Å². The van der Waals surface area contributed by atoms with Gasteiger partial charge in [-0.2, -0.15) is 0 Å². The molecule has 0 saturated carbocycles. The summed E-state index contributed by atoms with van der Waals surface area (Å²) in [5.74, 6) is 2.92. The molecule has 0 radical (unpaired) electrons. The molecule has 3 heterocycles. The van der Waals surface area contributed by atoms with Gasteiger partial charge in [-0.3, -0.25) is 9.36 Å². The number of hydrogen-bond donors (Lipinski definition) is 1. The van der Waals surface area contributed by atoms with E-state index >= 15 is 0 Å². The Labute approximate surface area is 205 Å². The highest BCUT2D eigenvalue weighted by molar-refractivity contribution is 7.98. The van der Waals surface area contributed by atoms with Crippen LogP contribution in [-0.4, -0.2) is 38.7 Å². The summed E-state index contributed by atoms with van der Waals surface area (Å²) in [6, 6.07) is 13.5. The van der Waals surface area contributed by atoms with Gasteiger partial charge in [0.05, 0.1) is 26.2 Å². The van der Waals surface area contributed by atoms with Crippen LogP contribution in [0.1, 0.15) is 17.0 Å². The van der Waals surface area contributed by atoms with Crippen LogP contribution in [0.5, 0.6) is 11.5 Å². The first kappa shape index (κ1) is 22.7. The monoisotopic (exact) mass is 489 g/mol. The number of aromatic nitrogens is 5. The number of nitrogens with zero attached hydrogens (tertiary/aromatic N) is 4. The van der Waals surface area contributed by atoms with E-state index in [9.17, 15) is 4.79 Å². The van der Waals surface area contributed by atoms with Crippen LogP contribution < -0.4 is 15.0 Å². The second kappa shape index (κ2) is 9.30. The number of ether oxygens (including phenoxy) is 2. The fourth-order valence-corrected chi connectivity index (χ4v) is 4.71. The maximum Gasteiger partial charge on any atom is 0.278 e. The molecule has 1 N–H and O–H groups in total. The number of methoxy groups -OCH3 is 2. The van der Waals surface area contributed by atoms with Crippen LogP contribution in [0.3, 0.4) is 0 Å². The van der Waals surface area contributed by atoms with E-state index in [1.807, 2.05) is 60.9 Å². The van der Waals surface area contributed by atoms with Crippen LogP contribution in [0.25, 0.3) is 28.3 Å². The molecule has 9 nitrogen and oxygen atoms in total. The molecule has 178 valence electrons. The molecule has 5 aromatic rings. The van der Waals surface area contributed by atoms with E-state index in [4.69, 9.17) is 18.9 Å². The Kier molecular flexibility index (Phi) is 6.04. The summed E-state index contributed by atoms with van der Waals surface area (Å²) in [5, 5.41) is 0.642. The molecule has 0 aliphatic rings. The Morgan fingerprint density at radius 3 is 2.54 bits per heavy atom. The van der Waals surface area contributed by atoms with Crippen LogP contribution in [0, 0.1) is 13.8 Å². The van der Waals surface area contributed by atoms with E-state index in [0.717, 1.165) is 22.5 Å². The second-order valence-electron chi connectivity index (χ2n) is 7.85. The Bertz CT molecular complexity index is 1570. The van der Waals surface area contributed by atoms with Gasteiger partial charge in [0, 0.05) is 17.0 Å². The average Bonchev–Trinajstić information content (AvgIpc) is 3.43. The molecule has 0 fully saturated rings. The molecule has 0 aliphatic heterocycles. The van der Waals surface area contributed by atoms with Crippen LogP contribution >= 0.6 is 11.8 Å². The van der Waals surface area contributed by atoms with Gasteiger partial charge in [0.25, 0.3) is 5.56 Å². The highest BCUT2D eigenvalue weighted by Crippen LogP contribution is 2.34. The molecule has 35 heavy (non-hydrogen) atoms. The normalized spacial score (nSPS) is 11.2. The highest BCUT2D eigenvalue weighted by Gasteiger charge is 2.19. The molecule has 0 saturated heterocycles. The van der Waals surface area contributed by atoms with E-state index in [1.54, 1.807) is 14.2 Å². The fourth-order valence-electron chi connectivity index (χ4n) is 3.69. The number of aromatic amines is 1. The minimum Gasteiger partial charge on any atom is -0.493 e. The van der Waals surface area contributed by atoms with Gasteiger partial charge in [0.15, 0.2) is 27.8 Å². The average molecular weight is 490 g/mol. The van der Waals surface area contributed by atoms with Gasteiger partial charge in [-0.25, -0.2) is 15.0 Å². The molecule has 2 aromatic carbocycles. The zero-order chi connectivity index (χ0) is 24.5. The molecule has 0 amide bonds. The summed E-state index contributed by atoms with van der Waals surface area (Å²) in [7, 11) is 3.18. The number of imidazole rings is 1. The molecule has 3 aromatic heterocycles. The summed E-state index contributed by atoms with van der Waals surface area (Å²) in [6.07, 6.45) is 1.39. The SMILES string of the molecule is COc1ccc(-c2nc(CSc3nc4c(=O)[nH]cnc4n3-c3ccc(C)cc3)c(C)o2)cc1OC. The smallest absolute Gasteiger partial charge is 0.278 e. The topological polar surface area (TPSA) is 108 Å². The molecule has 10 heteroatoms. The van der Waals surface area contributed by atoms with E-state index < -0.39 is 0 Å². The number of thioether (sulfide) groups is 1. The van der Waals surface area contributed by atoms with Crippen molar-refractivity contribution in [3.63, 3.8) is 0 Å². The number of aryl methyl sites for hydroxylation is 2. The summed E-state index contributed by atoms with van der Waals surface area (Å²) in [5.41, 5.74) is 4.09. The minimum atomic E-state index is -0.281. The Morgan fingerprint density at radius 1 is 1.03 bits per heavy atom. The third-order valence-electron chi connectivity index (χ3n) is 5.57. The van der Waals surface area contributed by atoms with Gasteiger partial charge in [-0.1, -0.05) is 29.5 Å². The van der Waals surface area contributed by atoms with Crippen molar-refractivity contribution in [2.24, 2.45) is 0 Å². The first-order valence-corrected chi connectivity index (χ1v) is 11.8. The lowest BCUT2D eigenvalue weighted by Gasteiger charge is -2.08. The zero-order valence-electron chi connectivity index (χ0n) is 19.7. The van der Waals surface area contributed by atoms with Crippen molar-refractivity contribution < 1.29 is 13.9 Å². The fraction of sp³-hybridized carbons (Fsp3) is 0.200. The highest BCUT2D eigenvalue weighted by atomic mass is 32.2. The minimum absolute atomic E-state index is 0.281. The van der Waals surface area contributed by atoms with Crippen LogP contribution in [0.15, 0.2) is 63.2 Å². The summed E-state index contributed by atoms with van der Waals surface area (Å²) in [6.45, 7) is 3.90. The molecule has 5 rings (SSSR count). The number of hydrogen-bond acceptors (Lipinski definition) is 8. The largest absolute Gasteiger partial charge is 0.493 e. The van der Waals surface area contributed by atoms with Crippen molar-refractivity contribution in [2.75, 3.05) is 14.2 Å². The van der Waals surface area contributed by atoms with Crippen LogP contribution in [-0.2, 0) is 5.75 Å². The van der Waals surface area contributed by atoms with E-state index in [-0.39, 0.29) is 5.56 Å². The first-order valence-electron chi connectivity index (χ1n) is 10.8. The molecule has 0 bridgehead atoms. The quantitative estimate of drug-likeness (QED) is 0.328. The van der Waals surface area contributed by atoms with Gasteiger partial charge >= 0.3 is 0 Å². The van der Waals surface area contributed by atoms with Crippen molar-refractivity contribution in [2.45, 2.75) is 24.8 Å². The van der Waals surface area contributed by atoms with Crippen molar-refractivity contribution in [3.8, 4) is 28.6 Å². The molecular weight excluding hydrogens is 466 g/mol. The van der Waals surface area contributed by atoms with Gasteiger partial charge in [-0.15, -0.1) is 0 Å². The molecule has 0 spiro atoms. The zero-order valence-corrected chi connectivity index (χ0v) is 20.5. The number of H-pyrrole nitrogens is 1. The Hall–Kier alpha value is -4.05. The molecular formula is C25H23N5O4S. The second-order valence-corrected chi connectivity index (χ2v) is 8.79. The number of rotatable bonds is 7. The lowest BCUT2D eigenvalue weighted by atomic mass is 10.2. The lowest BCUT2D eigenvalue weighted by molar-refractivity contribution is 0.355. The van der Waals surface area contributed by atoms with E-state index in [2.05, 4.69) is 15.0 Å². The number of benzene rings is 2. The third kappa shape index (κ3) is 4.28. The maximum atomic E-state index is 12.4. The summed E-state index contributed by atoms with van der Waals surface area (Å²) in [4.78, 5) is 28.7. The molecule has 0 unspecified atom stereocenters. The summed E-state index contributed by atoms with van der Waals surface area (Å²) >= 11 is 1.46. The van der Waals surface area contributed by atoms with Gasteiger partial charge in [0.1, 0.15) is 5.76 Å². The van der Waals surface area contributed by atoms with Crippen molar-refractivity contribution in [3.05, 3.63) is 76.2 Å². The van der Waals surface area contributed by atoms with Gasteiger partial charge in [0.2, 0.25) is 5.89 Å². The number of fused-ring (bicyclic) bond motifs is 1. The van der Waals surface area contributed by atoms with Crippen molar-refractivity contribution in [1.82, 2.24) is 24.5 Å². The molecule has 0 aliphatic carbocycles. The van der Waals surface area contributed by atoms with Crippen molar-refractivity contribution >= 4 is 22.9 Å². The predicted octanol–water partition coefficient (Wildman–Crippen LogP) is 4.69. The number of oxazole rings is 1. The van der Waals surface area contributed by atoms with Crippen LogP contribution in [0.2, 0.25) is 0 Å². The molecule has 0 atom stereocenters. The lowest BCUT2D eigenvalue weighted by Crippen LogP contribution is -2.07. The van der Waals surface area contributed by atoms with Gasteiger partial charge < -0.3 is 18.9 Å². The maximum absolute atomic E-state index is 12.4. The van der Waals surface area contributed by atoms with Gasteiger partial charge in [-0.05, 0) is 44.2 Å². The van der Waals surface area contributed by atoms with Crippen molar-refractivity contribution in [1.29, 1.82) is 0 Å². The summed E-state index contributed by atoms with van der Waals surface area (Å²) < 4.78 is 18.6. The Morgan fingerprint density at radius 2 is 1.80 bits per heavy atom. The standard InChI is InChI=1S/C25H23N5O4S/c1-14-5-8-17(9-6-14)30-22-21(23(31)27-13-26-22)29-25(30)35-12-18-15(2)34-24(28-18)16-7-10-19(32-3)20(11-16)33-4/h5-11,13H,12H2,1-4H3,(H,26,27,31). The Balaban J connectivity index is 1.48.